The van der Waals surface area contributed by atoms with Crippen molar-refractivity contribution < 1.29 is 19.1 Å². The number of aromatic amines is 1. The lowest BCUT2D eigenvalue weighted by atomic mass is 9.93. The van der Waals surface area contributed by atoms with E-state index in [9.17, 15) is 14.0 Å². The number of rotatable bonds is 2. The molecule has 1 saturated heterocycles. The summed E-state index contributed by atoms with van der Waals surface area (Å²) >= 11 is 0. The van der Waals surface area contributed by atoms with Gasteiger partial charge < -0.3 is 15.0 Å². The van der Waals surface area contributed by atoms with Crippen LogP contribution >= 0.6 is 0 Å². The smallest absolute Gasteiger partial charge is 0.308 e. The maximum absolute atomic E-state index is 12.9. The molecule has 0 radical (unpaired) electrons. The third-order valence-electron chi connectivity index (χ3n) is 3.37. The standard InChI is InChI=1S/C12H15FN2O3/c1-7-2-3-8(12(17)18)6-15(7)11(16)10-4-9(13)5-14-10/h4-5,7-8,14H,2-3,6H2,1H3,(H,17,18). The lowest BCUT2D eigenvalue weighted by Gasteiger charge is -2.36. The number of carboxylic acid groups (broad SMARTS) is 1. The number of nitrogens with one attached hydrogen (secondary N) is 1. The molecule has 1 aliphatic rings. The zero-order valence-corrected chi connectivity index (χ0v) is 10.0. The zero-order valence-electron chi connectivity index (χ0n) is 10.0. The molecule has 2 heterocycles. The number of piperidine rings is 1. The van der Waals surface area contributed by atoms with Gasteiger partial charge in [-0.15, -0.1) is 0 Å². The minimum Gasteiger partial charge on any atom is -0.481 e. The van der Waals surface area contributed by atoms with Gasteiger partial charge in [0.1, 0.15) is 11.5 Å². The molecular weight excluding hydrogens is 239 g/mol. The molecule has 0 bridgehead atoms. The van der Waals surface area contributed by atoms with Gasteiger partial charge in [-0.25, -0.2) is 4.39 Å². The summed E-state index contributed by atoms with van der Waals surface area (Å²) in [5, 5.41) is 8.99. The highest BCUT2D eigenvalue weighted by atomic mass is 19.1. The second-order valence-corrected chi connectivity index (χ2v) is 4.65. The summed E-state index contributed by atoms with van der Waals surface area (Å²) in [7, 11) is 0. The largest absolute Gasteiger partial charge is 0.481 e. The monoisotopic (exact) mass is 254 g/mol. The number of halogens is 1. The number of aliphatic carboxylic acids is 1. The fourth-order valence-corrected chi connectivity index (χ4v) is 2.24. The number of H-pyrrole nitrogens is 1. The van der Waals surface area contributed by atoms with Crippen LogP contribution < -0.4 is 0 Å². The minimum atomic E-state index is -0.891. The van der Waals surface area contributed by atoms with E-state index in [4.69, 9.17) is 5.11 Å². The molecule has 98 valence electrons. The molecule has 1 fully saturated rings. The molecule has 1 aliphatic heterocycles. The van der Waals surface area contributed by atoms with Crippen molar-refractivity contribution in [1.29, 1.82) is 0 Å². The predicted octanol–water partition coefficient (Wildman–Crippen LogP) is 1.48. The normalized spacial score (nSPS) is 24.0. The van der Waals surface area contributed by atoms with Crippen LogP contribution in [0.3, 0.4) is 0 Å². The first-order valence-corrected chi connectivity index (χ1v) is 5.86. The fraction of sp³-hybridized carbons (Fsp3) is 0.500. The van der Waals surface area contributed by atoms with E-state index in [1.54, 1.807) is 0 Å². The Morgan fingerprint density at radius 1 is 1.50 bits per heavy atom. The van der Waals surface area contributed by atoms with E-state index in [0.29, 0.717) is 12.8 Å². The van der Waals surface area contributed by atoms with Gasteiger partial charge in [-0.1, -0.05) is 0 Å². The van der Waals surface area contributed by atoms with Gasteiger partial charge in [0, 0.05) is 24.8 Å². The van der Waals surface area contributed by atoms with E-state index < -0.39 is 17.7 Å². The van der Waals surface area contributed by atoms with Crippen LogP contribution in [0.4, 0.5) is 4.39 Å². The van der Waals surface area contributed by atoms with Crippen LogP contribution in [0.2, 0.25) is 0 Å². The average Bonchev–Trinajstić information content (AvgIpc) is 2.75. The summed E-state index contributed by atoms with van der Waals surface area (Å²) < 4.78 is 12.9. The van der Waals surface area contributed by atoms with Gasteiger partial charge in [0.15, 0.2) is 0 Å². The molecule has 6 heteroatoms. The number of hydrogen-bond acceptors (Lipinski definition) is 2. The Kier molecular flexibility index (Phi) is 3.36. The molecule has 0 aliphatic carbocycles. The number of carbonyl (C=O) groups is 2. The summed E-state index contributed by atoms with van der Waals surface area (Å²) in [5.74, 6) is -2.28. The summed E-state index contributed by atoms with van der Waals surface area (Å²) in [6.07, 6.45) is 2.32. The molecule has 0 aromatic carbocycles. The molecule has 2 unspecified atom stereocenters. The second-order valence-electron chi connectivity index (χ2n) is 4.65. The van der Waals surface area contributed by atoms with Crippen LogP contribution in [-0.4, -0.2) is 39.5 Å². The van der Waals surface area contributed by atoms with E-state index in [0.717, 1.165) is 12.3 Å². The quantitative estimate of drug-likeness (QED) is 0.839. The third-order valence-corrected chi connectivity index (χ3v) is 3.37. The van der Waals surface area contributed by atoms with Crippen molar-refractivity contribution in [3.05, 3.63) is 23.8 Å². The molecule has 1 aromatic rings. The Hall–Kier alpha value is -1.85. The second kappa shape index (κ2) is 4.80. The Morgan fingerprint density at radius 3 is 2.78 bits per heavy atom. The van der Waals surface area contributed by atoms with Gasteiger partial charge in [-0.05, 0) is 19.8 Å². The van der Waals surface area contributed by atoms with E-state index in [-0.39, 0.29) is 24.2 Å². The van der Waals surface area contributed by atoms with Crippen LogP contribution in [0, 0.1) is 11.7 Å². The van der Waals surface area contributed by atoms with Gasteiger partial charge in [0.25, 0.3) is 5.91 Å². The molecule has 18 heavy (non-hydrogen) atoms. The topological polar surface area (TPSA) is 73.4 Å². The van der Waals surface area contributed by atoms with Crippen LogP contribution in [0.1, 0.15) is 30.3 Å². The average molecular weight is 254 g/mol. The highest BCUT2D eigenvalue weighted by Gasteiger charge is 2.33. The Bertz CT molecular complexity index is 472. The molecule has 1 amide bonds. The predicted molar refractivity (Wildman–Crippen MR) is 61.6 cm³/mol. The first kappa shape index (κ1) is 12.6. The zero-order chi connectivity index (χ0) is 13.3. The van der Waals surface area contributed by atoms with Crippen molar-refractivity contribution in [1.82, 2.24) is 9.88 Å². The maximum Gasteiger partial charge on any atom is 0.308 e. The molecule has 5 nitrogen and oxygen atoms in total. The summed E-state index contributed by atoms with van der Waals surface area (Å²) in [4.78, 5) is 27.1. The van der Waals surface area contributed by atoms with Crippen LogP contribution in [-0.2, 0) is 4.79 Å². The molecule has 0 saturated carbocycles. The van der Waals surface area contributed by atoms with Crippen LogP contribution in [0.15, 0.2) is 12.3 Å². The number of hydrogen-bond donors (Lipinski definition) is 2. The molecule has 2 N–H and O–H groups in total. The summed E-state index contributed by atoms with van der Waals surface area (Å²) in [6, 6.07) is 1.10. The Labute approximate surface area is 104 Å². The number of likely N-dealkylation sites (tertiary alicyclic amines) is 1. The number of aromatic nitrogens is 1. The first-order chi connectivity index (χ1) is 8.49. The Balaban J connectivity index is 2.15. The number of carbonyl (C=O) groups excluding carboxylic acids is 1. The molecule has 0 spiro atoms. The fourth-order valence-electron chi connectivity index (χ4n) is 2.24. The van der Waals surface area contributed by atoms with Crippen molar-refractivity contribution in [3.63, 3.8) is 0 Å². The van der Waals surface area contributed by atoms with E-state index in [1.807, 2.05) is 6.92 Å². The lowest BCUT2D eigenvalue weighted by molar-refractivity contribution is -0.143. The van der Waals surface area contributed by atoms with Crippen molar-refractivity contribution in [2.75, 3.05) is 6.54 Å². The van der Waals surface area contributed by atoms with E-state index in [1.165, 1.54) is 4.90 Å². The first-order valence-electron chi connectivity index (χ1n) is 5.86. The molecular formula is C12H15FN2O3. The molecule has 2 atom stereocenters. The van der Waals surface area contributed by atoms with Crippen LogP contribution in [0.25, 0.3) is 0 Å². The lowest BCUT2D eigenvalue weighted by Crippen LogP contribution is -2.47. The highest BCUT2D eigenvalue weighted by molar-refractivity contribution is 5.93. The van der Waals surface area contributed by atoms with Crippen molar-refractivity contribution in [2.24, 2.45) is 5.92 Å². The van der Waals surface area contributed by atoms with Gasteiger partial charge in [-0.2, -0.15) is 0 Å². The third kappa shape index (κ3) is 2.37. The number of amides is 1. The van der Waals surface area contributed by atoms with Gasteiger partial charge in [0.05, 0.1) is 5.92 Å². The summed E-state index contributed by atoms with van der Waals surface area (Å²) in [5.41, 5.74) is 0.158. The van der Waals surface area contributed by atoms with Crippen molar-refractivity contribution in [3.8, 4) is 0 Å². The van der Waals surface area contributed by atoms with Gasteiger partial charge in [0.2, 0.25) is 0 Å². The van der Waals surface area contributed by atoms with Gasteiger partial charge >= 0.3 is 5.97 Å². The molecule has 1 aromatic heterocycles. The SMILES string of the molecule is CC1CCC(C(=O)O)CN1C(=O)c1cc(F)c[nH]1. The van der Waals surface area contributed by atoms with E-state index in [2.05, 4.69) is 4.98 Å². The Morgan fingerprint density at radius 2 is 2.22 bits per heavy atom. The van der Waals surface area contributed by atoms with Gasteiger partial charge in [-0.3, -0.25) is 9.59 Å². The van der Waals surface area contributed by atoms with Crippen LogP contribution in [0.5, 0.6) is 0 Å². The number of carboxylic acids is 1. The van der Waals surface area contributed by atoms with Crippen molar-refractivity contribution >= 4 is 11.9 Å². The number of nitrogens with zero attached hydrogens (tertiary/aromatic N) is 1. The summed E-state index contributed by atoms with van der Waals surface area (Å²) in [6.45, 7) is 2.05. The van der Waals surface area contributed by atoms with Crippen molar-refractivity contribution in [2.45, 2.75) is 25.8 Å². The minimum absolute atomic E-state index is 0.0283. The maximum atomic E-state index is 12.9. The molecule has 2 rings (SSSR count). The highest BCUT2D eigenvalue weighted by Crippen LogP contribution is 2.23. The van der Waals surface area contributed by atoms with E-state index >= 15 is 0 Å².